The maximum absolute atomic E-state index is 10.9. The van der Waals surface area contributed by atoms with E-state index in [1.54, 1.807) is 6.07 Å². The van der Waals surface area contributed by atoms with E-state index in [0.29, 0.717) is 10.2 Å². The van der Waals surface area contributed by atoms with E-state index in [4.69, 9.17) is 4.74 Å². The van der Waals surface area contributed by atoms with Gasteiger partial charge in [-0.1, -0.05) is 22.0 Å². The molecule has 2 rings (SSSR count). The molecule has 0 atom stereocenters. The molecule has 0 unspecified atom stereocenters. The van der Waals surface area contributed by atoms with Crippen LogP contribution in [0.5, 0.6) is 11.5 Å². The molecule has 20 heavy (non-hydrogen) atoms. The zero-order valence-corrected chi connectivity index (χ0v) is 13.0. The van der Waals surface area contributed by atoms with Crippen molar-refractivity contribution < 1.29 is 9.66 Å². The van der Waals surface area contributed by atoms with Crippen molar-refractivity contribution in [2.24, 2.45) is 0 Å². The van der Waals surface area contributed by atoms with Crippen LogP contribution in [-0.4, -0.2) is 4.92 Å². The molecule has 4 nitrogen and oxygen atoms in total. The quantitative estimate of drug-likeness (QED) is 0.580. The second-order valence-corrected chi connectivity index (χ2v) is 5.62. The third-order valence-corrected chi connectivity index (χ3v) is 3.52. The van der Waals surface area contributed by atoms with Crippen molar-refractivity contribution in [2.75, 3.05) is 0 Å². The Balaban J connectivity index is 2.42. The van der Waals surface area contributed by atoms with Crippen molar-refractivity contribution in [3.05, 3.63) is 61.6 Å². The van der Waals surface area contributed by atoms with Crippen molar-refractivity contribution in [1.82, 2.24) is 0 Å². The highest BCUT2D eigenvalue weighted by Crippen LogP contribution is 2.32. The van der Waals surface area contributed by atoms with E-state index >= 15 is 0 Å². The topological polar surface area (TPSA) is 52.4 Å². The van der Waals surface area contributed by atoms with Crippen LogP contribution in [-0.2, 0) is 0 Å². The van der Waals surface area contributed by atoms with Crippen LogP contribution in [0.3, 0.4) is 0 Å². The SMILES string of the molecule is Cc1cc(C)c(C)c(Oc2cc(Br)cc([N+](=O)[O-])c2)c1. The molecule has 0 spiro atoms. The summed E-state index contributed by atoms with van der Waals surface area (Å²) in [6, 6.07) is 8.58. The Hall–Kier alpha value is -1.88. The summed E-state index contributed by atoms with van der Waals surface area (Å²) in [5.74, 6) is 1.16. The highest BCUT2D eigenvalue weighted by atomic mass is 79.9. The summed E-state index contributed by atoms with van der Waals surface area (Å²) in [7, 11) is 0. The third-order valence-electron chi connectivity index (χ3n) is 3.06. The monoisotopic (exact) mass is 335 g/mol. The van der Waals surface area contributed by atoms with E-state index in [-0.39, 0.29) is 5.69 Å². The number of halogens is 1. The minimum absolute atomic E-state index is 0.00333. The Morgan fingerprint density at radius 2 is 1.80 bits per heavy atom. The number of aryl methyl sites for hydroxylation is 2. The molecule has 0 heterocycles. The molecule has 104 valence electrons. The number of nitrogens with zero attached hydrogens (tertiary/aromatic N) is 1. The number of hydrogen-bond donors (Lipinski definition) is 0. The standard InChI is InChI=1S/C15H14BrNO3/c1-9-4-10(2)11(3)15(5-9)20-14-7-12(16)6-13(8-14)17(18)19/h4-8H,1-3H3. The molecule has 0 amide bonds. The van der Waals surface area contributed by atoms with Crippen LogP contribution < -0.4 is 4.74 Å². The van der Waals surface area contributed by atoms with Gasteiger partial charge in [0.1, 0.15) is 11.5 Å². The van der Waals surface area contributed by atoms with Gasteiger partial charge in [-0.2, -0.15) is 0 Å². The highest BCUT2D eigenvalue weighted by molar-refractivity contribution is 9.10. The molecule has 0 bridgehead atoms. The Morgan fingerprint density at radius 1 is 1.10 bits per heavy atom. The summed E-state index contributed by atoms with van der Waals surface area (Å²) in [4.78, 5) is 10.4. The molecule has 0 aromatic heterocycles. The summed E-state index contributed by atoms with van der Waals surface area (Å²) in [6.45, 7) is 5.97. The van der Waals surface area contributed by atoms with Crippen LogP contribution in [0.15, 0.2) is 34.8 Å². The first-order chi connectivity index (χ1) is 9.36. The Morgan fingerprint density at radius 3 is 2.45 bits per heavy atom. The smallest absolute Gasteiger partial charge is 0.274 e. The first kappa shape index (κ1) is 14.5. The van der Waals surface area contributed by atoms with E-state index in [0.717, 1.165) is 22.4 Å². The second-order valence-electron chi connectivity index (χ2n) is 4.71. The molecule has 0 fully saturated rings. The fraction of sp³-hybridized carbons (Fsp3) is 0.200. The lowest BCUT2D eigenvalue weighted by atomic mass is 10.1. The van der Waals surface area contributed by atoms with Crippen molar-refractivity contribution in [3.8, 4) is 11.5 Å². The first-order valence-corrected chi connectivity index (χ1v) is 6.87. The fourth-order valence-electron chi connectivity index (χ4n) is 1.95. The van der Waals surface area contributed by atoms with Crippen molar-refractivity contribution in [2.45, 2.75) is 20.8 Å². The maximum atomic E-state index is 10.9. The second kappa shape index (κ2) is 5.63. The average molecular weight is 336 g/mol. The Bertz CT molecular complexity index is 683. The third kappa shape index (κ3) is 3.17. The molecule has 0 saturated carbocycles. The van der Waals surface area contributed by atoms with E-state index < -0.39 is 4.92 Å². The normalized spacial score (nSPS) is 10.4. The van der Waals surface area contributed by atoms with Gasteiger partial charge in [0.05, 0.1) is 11.0 Å². The lowest BCUT2D eigenvalue weighted by Crippen LogP contribution is -1.93. The van der Waals surface area contributed by atoms with Gasteiger partial charge in [0.25, 0.3) is 5.69 Å². The minimum atomic E-state index is -0.439. The average Bonchev–Trinajstić information content (AvgIpc) is 2.34. The minimum Gasteiger partial charge on any atom is -0.457 e. The Labute approximate surface area is 125 Å². The molecule has 2 aromatic rings. The van der Waals surface area contributed by atoms with Gasteiger partial charge in [-0.25, -0.2) is 0 Å². The molecule has 0 aliphatic carbocycles. The predicted octanol–water partition coefficient (Wildman–Crippen LogP) is 5.07. The fourth-order valence-corrected chi connectivity index (χ4v) is 2.41. The van der Waals surface area contributed by atoms with Crippen LogP contribution in [0.25, 0.3) is 0 Å². The summed E-state index contributed by atoms with van der Waals surface area (Å²) in [5.41, 5.74) is 3.24. The first-order valence-electron chi connectivity index (χ1n) is 6.07. The number of rotatable bonds is 3. The van der Waals surface area contributed by atoms with Gasteiger partial charge >= 0.3 is 0 Å². The number of benzene rings is 2. The molecule has 0 aliphatic heterocycles. The lowest BCUT2D eigenvalue weighted by Gasteiger charge is -2.12. The van der Waals surface area contributed by atoms with Gasteiger partial charge in [-0.15, -0.1) is 0 Å². The summed E-state index contributed by atoms with van der Waals surface area (Å²) < 4.78 is 6.42. The molecule has 5 heteroatoms. The molecular formula is C15H14BrNO3. The molecular weight excluding hydrogens is 322 g/mol. The number of nitro benzene ring substituents is 1. The van der Waals surface area contributed by atoms with Crippen LogP contribution in [0.4, 0.5) is 5.69 Å². The largest absolute Gasteiger partial charge is 0.457 e. The zero-order valence-electron chi connectivity index (χ0n) is 11.4. The van der Waals surface area contributed by atoms with Gasteiger partial charge in [0.2, 0.25) is 0 Å². The summed E-state index contributed by atoms with van der Waals surface area (Å²) in [6.07, 6.45) is 0. The lowest BCUT2D eigenvalue weighted by molar-refractivity contribution is -0.385. The number of nitro groups is 1. The van der Waals surface area contributed by atoms with E-state index in [1.165, 1.54) is 12.1 Å². The zero-order chi connectivity index (χ0) is 14.9. The molecule has 0 aliphatic rings. The van der Waals surface area contributed by atoms with Crippen molar-refractivity contribution >= 4 is 21.6 Å². The number of hydrogen-bond acceptors (Lipinski definition) is 3. The predicted molar refractivity (Wildman–Crippen MR) is 81.5 cm³/mol. The maximum Gasteiger partial charge on any atom is 0.274 e. The van der Waals surface area contributed by atoms with Gasteiger partial charge in [-0.05, 0) is 49.6 Å². The van der Waals surface area contributed by atoms with E-state index in [9.17, 15) is 10.1 Å². The van der Waals surface area contributed by atoms with Crippen LogP contribution in [0, 0.1) is 30.9 Å². The summed E-state index contributed by atoms with van der Waals surface area (Å²) in [5, 5.41) is 10.9. The summed E-state index contributed by atoms with van der Waals surface area (Å²) >= 11 is 3.26. The number of non-ortho nitro benzene ring substituents is 1. The van der Waals surface area contributed by atoms with Crippen molar-refractivity contribution in [1.29, 1.82) is 0 Å². The van der Waals surface area contributed by atoms with Crippen molar-refractivity contribution in [3.63, 3.8) is 0 Å². The van der Waals surface area contributed by atoms with Gasteiger partial charge in [0, 0.05) is 10.5 Å². The van der Waals surface area contributed by atoms with Crippen LogP contribution in [0.2, 0.25) is 0 Å². The van der Waals surface area contributed by atoms with Gasteiger partial charge < -0.3 is 4.74 Å². The molecule has 0 saturated heterocycles. The highest BCUT2D eigenvalue weighted by Gasteiger charge is 2.12. The van der Waals surface area contributed by atoms with Gasteiger partial charge in [0.15, 0.2) is 0 Å². The van der Waals surface area contributed by atoms with Crippen LogP contribution in [0.1, 0.15) is 16.7 Å². The van der Waals surface area contributed by atoms with Gasteiger partial charge in [-0.3, -0.25) is 10.1 Å². The Kier molecular flexibility index (Phi) is 4.09. The van der Waals surface area contributed by atoms with Crippen LogP contribution >= 0.6 is 15.9 Å². The molecule has 2 aromatic carbocycles. The van der Waals surface area contributed by atoms with E-state index in [1.807, 2.05) is 26.8 Å². The number of ether oxygens (including phenoxy) is 1. The van der Waals surface area contributed by atoms with E-state index in [2.05, 4.69) is 22.0 Å². The molecule has 0 radical (unpaired) electrons. The molecule has 0 N–H and O–H groups in total.